The molecule has 6 heteroatoms. The third-order valence-electron chi connectivity index (χ3n) is 3.12. The molecule has 1 aliphatic heterocycles. The van der Waals surface area contributed by atoms with E-state index in [4.69, 9.17) is 18.9 Å². The van der Waals surface area contributed by atoms with E-state index in [0.717, 1.165) is 11.4 Å². The summed E-state index contributed by atoms with van der Waals surface area (Å²) < 4.78 is 21.4. The number of hydrogen-bond acceptors (Lipinski definition) is 6. The van der Waals surface area contributed by atoms with Crippen LogP contribution in [0.2, 0.25) is 0 Å². The third kappa shape index (κ3) is 4.91. The number of carbonyl (C=O) groups excluding carboxylic acids is 1. The largest absolute Gasteiger partial charge is 0.489 e. The second-order valence-electron chi connectivity index (χ2n) is 4.54. The molecule has 0 bridgehead atoms. The van der Waals surface area contributed by atoms with Crippen molar-refractivity contribution >= 4 is 11.7 Å². The van der Waals surface area contributed by atoms with Crippen molar-refractivity contribution in [3.05, 3.63) is 24.3 Å². The molecule has 2 rings (SSSR count). The number of nitrogens with zero attached hydrogens (tertiary/aromatic N) is 1. The SMILES string of the molecule is COC(=O)CN1CCOCCOCCOc2ccccc21. The Labute approximate surface area is 124 Å². The zero-order valence-corrected chi connectivity index (χ0v) is 12.2. The van der Waals surface area contributed by atoms with Crippen LogP contribution < -0.4 is 9.64 Å². The summed E-state index contributed by atoms with van der Waals surface area (Å²) in [6.07, 6.45) is 0. The summed E-state index contributed by atoms with van der Waals surface area (Å²) in [4.78, 5) is 13.5. The standard InChI is InChI=1S/C15H21NO5/c1-18-15(17)12-16-6-7-19-8-9-20-10-11-21-14-5-3-2-4-13(14)16/h2-5H,6-12H2,1H3. The van der Waals surface area contributed by atoms with Crippen molar-refractivity contribution in [3.63, 3.8) is 0 Å². The molecule has 1 heterocycles. The lowest BCUT2D eigenvalue weighted by atomic mass is 10.2. The summed E-state index contributed by atoms with van der Waals surface area (Å²) in [7, 11) is 1.38. The molecular formula is C15H21NO5. The lowest BCUT2D eigenvalue weighted by Crippen LogP contribution is -2.34. The second kappa shape index (κ2) is 8.49. The van der Waals surface area contributed by atoms with Crippen LogP contribution in [0.25, 0.3) is 0 Å². The van der Waals surface area contributed by atoms with E-state index in [0.29, 0.717) is 39.6 Å². The van der Waals surface area contributed by atoms with Gasteiger partial charge in [0.1, 0.15) is 18.9 Å². The maximum absolute atomic E-state index is 11.6. The first-order valence-electron chi connectivity index (χ1n) is 7.00. The number of anilines is 1. The lowest BCUT2D eigenvalue weighted by Gasteiger charge is -2.26. The number of fused-ring (bicyclic) bond motifs is 1. The van der Waals surface area contributed by atoms with Crippen molar-refractivity contribution < 1.29 is 23.7 Å². The number of methoxy groups -OCH3 is 1. The van der Waals surface area contributed by atoms with Crippen LogP contribution in [0.3, 0.4) is 0 Å². The highest BCUT2D eigenvalue weighted by atomic mass is 16.5. The molecule has 6 nitrogen and oxygen atoms in total. The first-order valence-corrected chi connectivity index (χ1v) is 7.00. The summed E-state index contributed by atoms with van der Waals surface area (Å²) >= 11 is 0. The molecule has 0 saturated heterocycles. The van der Waals surface area contributed by atoms with Gasteiger partial charge in [-0.15, -0.1) is 0 Å². The van der Waals surface area contributed by atoms with Gasteiger partial charge in [-0.2, -0.15) is 0 Å². The van der Waals surface area contributed by atoms with E-state index in [1.807, 2.05) is 29.2 Å². The van der Waals surface area contributed by atoms with E-state index in [2.05, 4.69) is 0 Å². The van der Waals surface area contributed by atoms with Gasteiger partial charge in [0.2, 0.25) is 0 Å². The van der Waals surface area contributed by atoms with Crippen LogP contribution in [-0.2, 0) is 19.0 Å². The van der Waals surface area contributed by atoms with Gasteiger partial charge in [0.15, 0.2) is 0 Å². The Morgan fingerprint density at radius 3 is 2.67 bits per heavy atom. The van der Waals surface area contributed by atoms with Gasteiger partial charge in [-0.25, -0.2) is 0 Å². The predicted molar refractivity (Wildman–Crippen MR) is 77.8 cm³/mol. The Hall–Kier alpha value is -1.79. The Bertz CT molecular complexity index is 451. The first-order chi connectivity index (χ1) is 10.3. The average Bonchev–Trinajstić information content (AvgIpc) is 2.51. The molecule has 0 aromatic heterocycles. The lowest BCUT2D eigenvalue weighted by molar-refractivity contribution is -0.139. The minimum atomic E-state index is -0.291. The molecule has 0 unspecified atom stereocenters. The number of para-hydroxylation sites is 2. The molecule has 0 spiro atoms. The number of esters is 1. The normalized spacial score (nSPS) is 16.9. The minimum absolute atomic E-state index is 0.163. The maximum Gasteiger partial charge on any atom is 0.325 e. The molecule has 1 aliphatic rings. The van der Waals surface area contributed by atoms with Crippen LogP contribution in [0.5, 0.6) is 5.75 Å². The van der Waals surface area contributed by atoms with Crippen LogP contribution >= 0.6 is 0 Å². The van der Waals surface area contributed by atoms with Crippen LogP contribution in [0.4, 0.5) is 5.69 Å². The summed E-state index contributed by atoms with van der Waals surface area (Å²) in [5, 5.41) is 0. The van der Waals surface area contributed by atoms with Crippen LogP contribution in [-0.4, -0.2) is 59.2 Å². The zero-order valence-electron chi connectivity index (χ0n) is 12.2. The summed E-state index contributed by atoms with van der Waals surface area (Å²) in [5.41, 5.74) is 0.854. The molecule has 116 valence electrons. The number of ether oxygens (including phenoxy) is 4. The smallest absolute Gasteiger partial charge is 0.325 e. The van der Waals surface area contributed by atoms with Crippen LogP contribution in [0, 0.1) is 0 Å². The Morgan fingerprint density at radius 2 is 1.86 bits per heavy atom. The van der Waals surface area contributed by atoms with E-state index in [1.54, 1.807) is 0 Å². The Morgan fingerprint density at radius 1 is 1.14 bits per heavy atom. The van der Waals surface area contributed by atoms with Crippen molar-refractivity contribution in [2.24, 2.45) is 0 Å². The third-order valence-corrected chi connectivity index (χ3v) is 3.12. The van der Waals surface area contributed by atoms with Gasteiger partial charge in [-0.05, 0) is 12.1 Å². The van der Waals surface area contributed by atoms with Gasteiger partial charge in [-0.1, -0.05) is 12.1 Å². The fourth-order valence-corrected chi connectivity index (χ4v) is 2.05. The van der Waals surface area contributed by atoms with Crippen molar-refractivity contribution in [1.82, 2.24) is 0 Å². The number of benzene rings is 1. The van der Waals surface area contributed by atoms with E-state index in [1.165, 1.54) is 7.11 Å². The molecule has 1 aromatic rings. The molecule has 0 N–H and O–H groups in total. The highest BCUT2D eigenvalue weighted by Gasteiger charge is 2.16. The van der Waals surface area contributed by atoms with Gasteiger partial charge in [-0.3, -0.25) is 4.79 Å². The molecular weight excluding hydrogens is 274 g/mol. The highest BCUT2D eigenvalue weighted by Crippen LogP contribution is 2.28. The van der Waals surface area contributed by atoms with Gasteiger partial charge in [0, 0.05) is 6.54 Å². The highest BCUT2D eigenvalue weighted by molar-refractivity contribution is 5.76. The monoisotopic (exact) mass is 295 g/mol. The first kappa shape index (κ1) is 15.6. The topological polar surface area (TPSA) is 57.2 Å². The van der Waals surface area contributed by atoms with E-state index in [-0.39, 0.29) is 12.5 Å². The van der Waals surface area contributed by atoms with E-state index in [9.17, 15) is 4.79 Å². The van der Waals surface area contributed by atoms with Crippen molar-refractivity contribution in [2.45, 2.75) is 0 Å². The summed E-state index contributed by atoms with van der Waals surface area (Å²) in [6.45, 7) is 3.30. The van der Waals surface area contributed by atoms with Gasteiger partial charge >= 0.3 is 5.97 Å². The van der Waals surface area contributed by atoms with Crippen LogP contribution in [0.15, 0.2) is 24.3 Å². The quantitative estimate of drug-likeness (QED) is 0.761. The maximum atomic E-state index is 11.6. The van der Waals surface area contributed by atoms with Gasteiger partial charge in [0.05, 0.1) is 39.2 Å². The summed E-state index contributed by atoms with van der Waals surface area (Å²) in [6, 6.07) is 7.62. The number of rotatable bonds is 2. The van der Waals surface area contributed by atoms with E-state index < -0.39 is 0 Å². The molecule has 0 aliphatic carbocycles. The zero-order chi connectivity index (χ0) is 14.9. The second-order valence-corrected chi connectivity index (χ2v) is 4.54. The van der Waals surface area contributed by atoms with E-state index >= 15 is 0 Å². The molecule has 0 radical (unpaired) electrons. The van der Waals surface area contributed by atoms with Crippen molar-refractivity contribution in [2.75, 3.05) is 58.1 Å². The summed E-state index contributed by atoms with van der Waals surface area (Å²) in [5.74, 6) is 0.436. The molecule has 0 amide bonds. The van der Waals surface area contributed by atoms with Crippen molar-refractivity contribution in [1.29, 1.82) is 0 Å². The minimum Gasteiger partial charge on any atom is -0.489 e. The Balaban J connectivity index is 2.17. The number of carbonyl (C=O) groups is 1. The van der Waals surface area contributed by atoms with Gasteiger partial charge in [0.25, 0.3) is 0 Å². The molecule has 0 saturated carbocycles. The van der Waals surface area contributed by atoms with Gasteiger partial charge < -0.3 is 23.8 Å². The predicted octanol–water partition coefficient (Wildman–Crippen LogP) is 1.09. The molecule has 0 fully saturated rings. The average molecular weight is 295 g/mol. The fourth-order valence-electron chi connectivity index (χ4n) is 2.05. The number of hydrogen-bond donors (Lipinski definition) is 0. The molecule has 0 atom stereocenters. The molecule has 21 heavy (non-hydrogen) atoms. The fraction of sp³-hybridized carbons (Fsp3) is 0.533. The Kier molecular flexibility index (Phi) is 6.30. The van der Waals surface area contributed by atoms with Crippen molar-refractivity contribution in [3.8, 4) is 5.75 Å². The van der Waals surface area contributed by atoms with Crippen LogP contribution in [0.1, 0.15) is 0 Å². The molecule has 1 aromatic carbocycles.